The molecule has 2 aliphatic rings. The van der Waals surface area contributed by atoms with Crippen LogP contribution in [0.25, 0.3) is 0 Å². The molecule has 2 rings (SSSR count). The average molecular weight is 145 g/mol. The predicted octanol–water partition coefficient (Wildman–Crippen LogP) is -0.197. The third kappa shape index (κ3) is 0.765. The summed E-state index contributed by atoms with van der Waals surface area (Å²) in [5, 5.41) is 15.9. The highest BCUT2D eigenvalue weighted by Crippen LogP contribution is 2.03. The van der Waals surface area contributed by atoms with E-state index in [4.69, 9.17) is 5.26 Å². The van der Waals surface area contributed by atoms with Crippen molar-refractivity contribution in [3.05, 3.63) is 0 Å². The number of nitriles is 1. The lowest BCUT2D eigenvalue weighted by Crippen LogP contribution is -2.23. The van der Waals surface area contributed by atoms with E-state index < -0.39 is 0 Å². The topological polar surface area (TPSA) is 73.2 Å². The van der Waals surface area contributed by atoms with Gasteiger partial charge in [0.15, 0.2) is 5.71 Å². The average Bonchev–Trinajstić information content (AvgIpc) is 2.47. The van der Waals surface area contributed by atoms with Crippen LogP contribution in [0.3, 0.4) is 0 Å². The van der Waals surface area contributed by atoms with Gasteiger partial charge < -0.3 is 0 Å². The van der Waals surface area contributed by atoms with E-state index in [0.717, 1.165) is 0 Å². The van der Waals surface area contributed by atoms with Crippen LogP contribution in [-0.2, 0) is 0 Å². The van der Waals surface area contributed by atoms with Crippen LogP contribution in [0, 0.1) is 11.3 Å². The van der Waals surface area contributed by atoms with Crippen LogP contribution < -0.4 is 0 Å². The molecule has 0 saturated carbocycles. The highest BCUT2D eigenvalue weighted by molar-refractivity contribution is 6.74. The molecule has 0 N–H and O–H groups in total. The minimum atomic E-state index is 0.283. The van der Waals surface area contributed by atoms with Crippen molar-refractivity contribution in [3.63, 3.8) is 0 Å². The summed E-state index contributed by atoms with van der Waals surface area (Å²) in [7, 11) is 0. The van der Waals surface area contributed by atoms with Crippen LogP contribution in [0.5, 0.6) is 0 Å². The first-order chi connectivity index (χ1) is 5.42. The second-order valence-electron chi connectivity index (χ2n) is 2.04. The highest BCUT2D eigenvalue weighted by Gasteiger charge is 2.22. The Balaban J connectivity index is 2.45. The van der Waals surface area contributed by atoms with Gasteiger partial charge in [0.05, 0.1) is 6.54 Å². The number of aliphatic imine (C=N–C) groups is 2. The van der Waals surface area contributed by atoms with Crippen molar-refractivity contribution in [2.45, 2.75) is 0 Å². The Kier molecular flexibility index (Phi) is 1.13. The Morgan fingerprint density at radius 2 is 2.36 bits per heavy atom. The van der Waals surface area contributed by atoms with E-state index in [-0.39, 0.29) is 5.71 Å². The summed E-state index contributed by atoms with van der Waals surface area (Å²) in [6, 6.07) is 1.91. The zero-order chi connectivity index (χ0) is 7.68. The molecule has 11 heavy (non-hydrogen) atoms. The Hall–Kier alpha value is -1.83. The number of fused-ring (bicyclic) bond motifs is 1. The molecule has 0 aromatic heterocycles. The monoisotopic (exact) mass is 145 g/mol. The molecule has 0 atom stereocenters. The SMILES string of the molecule is N#CC1=NN=C2CN=CN=C12. The lowest BCUT2D eigenvalue weighted by Gasteiger charge is -1.99. The smallest absolute Gasteiger partial charge is 0.190 e. The Labute approximate surface area is 62.5 Å². The molecule has 0 amide bonds. The second-order valence-corrected chi connectivity index (χ2v) is 2.04. The minimum Gasteiger partial charge on any atom is -0.267 e. The Morgan fingerprint density at radius 3 is 3.18 bits per heavy atom. The summed E-state index contributed by atoms with van der Waals surface area (Å²) < 4.78 is 0. The molecule has 0 unspecified atom stereocenters. The van der Waals surface area contributed by atoms with Gasteiger partial charge in [-0.3, -0.25) is 4.99 Å². The molecule has 2 heterocycles. The van der Waals surface area contributed by atoms with Gasteiger partial charge in [-0.25, -0.2) is 4.99 Å². The molecule has 0 aromatic rings. The zero-order valence-corrected chi connectivity index (χ0v) is 5.52. The van der Waals surface area contributed by atoms with Crippen molar-refractivity contribution in [1.29, 1.82) is 5.26 Å². The summed E-state index contributed by atoms with van der Waals surface area (Å²) in [6.45, 7) is 0.480. The fourth-order valence-corrected chi connectivity index (χ4v) is 0.885. The van der Waals surface area contributed by atoms with Crippen molar-refractivity contribution >= 4 is 23.5 Å². The molecule has 2 aliphatic heterocycles. The van der Waals surface area contributed by atoms with E-state index in [1.165, 1.54) is 6.34 Å². The maximum absolute atomic E-state index is 8.53. The van der Waals surface area contributed by atoms with E-state index in [2.05, 4.69) is 20.2 Å². The Bertz CT molecular complexity index is 352. The summed E-state index contributed by atoms with van der Waals surface area (Å²) in [6.07, 6.45) is 1.42. The minimum absolute atomic E-state index is 0.283. The first-order valence-corrected chi connectivity index (χ1v) is 3.03. The van der Waals surface area contributed by atoms with Gasteiger partial charge in [0.2, 0.25) is 0 Å². The first kappa shape index (κ1) is 5.92. The third-order valence-electron chi connectivity index (χ3n) is 1.38. The quantitative estimate of drug-likeness (QED) is 0.465. The zero-order valence-electron chi connectivity index (χ0n) is 5.52. The lowest BCUT2D eigenvalue weighted by atomic mass is 10.1. The van der Waals surface area contributed by atoms with Gasteiger partial charge in [-0.15, -0.1) is 10.2 Å². The van der Waals surface area contributed by atoms with Crippen LogP contribution >= 0.6 is 0 Å². The van der Waals surface area contributed by atoms with Crippen molar-refractivity contribution in [1.82, 2.24) is 0 Å². The number of hydrogen-bond donors (Lipinski definition) is 0. The van der Waals surface area contributed by atoms with E-state index >= 15 is 0 Å². The van der Waals surface area contributed by atoms with Crippen LogP contribution in [0.4, 0.5) is 0 Å². The van der Waals surface area contributed by atoms with Gasteiger partial charge in [-0.1, -0.05) is 0 Å². The number of nitrogens with zero attached hydrogens (tertiary/aromatic N) is 5. The van der Waals surface area contributed by atoms with Gasteiger partial charge in [-0.05, 0) is 0 Å². The molecule has 0 saturated heterocycles. The van der Waals surface area contributed by atoms with Crippen molar-refractivity contribution in [2.75, 3.05) is 6.54 Å². The molecule has 0 aromatic carbocycles. The maximum Gasteiger partial charge on any atom is 0.190 e. The standard InChI is InChI=1S/C6H3N5/c7-1-4-6-5(11-10-4)2-8-3-9-6/h3H,2H2. The molecular formula is C6H3N5. The molecule has 0 spiro atoms. The summed E-state index contributed by atoms with van der Waals surface area (Å²) in [5.41, 5.74) is 1.54. The fourth-order valence-electron chi connectivity index (χ4n) is 0.885. The van der Waals surface area contributed by atoms with Crippen molar-refractivity contribution < 1.29 is 0 Å². The molecule has 52 valence electrons. The Morgan fingerprint density at radius 1 is 1.45 bits per heavy atom. The highest BCUT2D eigenvalue weighted by atomic mass is 15.3. The maximum atomic E-state index is 8.53. The van der Waals surface area contributed by atoms with Gasteiger partial charge in [0.1, 0.15) is 23.8 Å². The van der Waals surface area contributed by atoms with Gasteiger partial charge >= 0.3 is 0 Å². The normalized spacial score (nSPS) is 19.7. The van der Waals surface area contributed by atoms with Crippen LogP contribution in [-0.4, -0.2) is 30.0 Å². The number of hydrogen-bond acceptors (Lipinski definition) is 5. The van der Waals surface area contributed by atoms with Crippen LogP contribution in [0.15, 0.2) is 20.2 Å². The van der Waals surface area contributed by atoms with Gasteiger partial charge in [-0.2, -0.15) is 5.26 Å². The van der Waals surface area contributed by atoms with Gasteiger partial charge in [0.25, 0.3) is 0 Å². The largest absolute Gasteiger partial charge is 0.267 e. The second kappa shape index (κ2) is 2.09. The number of rotatable bonds is 0. The fraction of sp³-hybridized carbons (Fsp3) is 0.167. The molecule has 5 nitrogen and oxygen atoms in total. The van der Waals surface area contributed by atoms with E-state index in [1.54, 1.807) is 0 Å². The molecule has 5 heteroatoms. The van der Waals surface area contributed by atoms with E-state index in [0.29, 0.717) is 18.0 Å². The molecule has 0 bridgehead atoms. The third-order valence-corrected chi connectivity index (χ3v) is 1.38. The van der Waals surface area contributed by atoms with Crippen molar-refractivity contribution in [3.8, 4) is 6.07 Å². The first-order valence-electron chi connectivity index (χ1n) is 3.03. The van der Waals surface area contributed by atoms with Crippen molar-refractivity contribution in [2.24, 2.45) is 20.2 Å². The molecule has 0 aliphatic carbocycles. The van der Waals surface area contributed by atoms with Crippen LogP contribution in [0.1, 0.15) is 0 Å². The molecule has 0 fully saturated rings. The summed E-state index contributed by atoms with van der Waals surface area (Å²) in [5.74, 6) is 0. The molecular weight excluding hydrogens is 142 g/mol. The van der Waals surface area contributed by atoms with Gasteiger partial charge in [0, 0.05) is 0 Å². The summed E-state index contributed by atoms with van der Waals surface area (Å²) >= 11 is 0. The van der Waals surface area contributed by atoms with Crippen LogP contribution in [0.2, 0.25) is 0 Å². The van der Waals surface area contributed by atoms with E-state index in [1.807, 2.05) is 6.07 Å². The van der Waals surface area contributed by atoms with E-state index in [9.17, 15) is 0 Å². The molecule has 0 radical (unpaired) electrons. The lowest BCUT2D eigenvalue weighted by molar-refractivity contribution is 1.22. The predicted molar refractivity (Wildman–Crippen MR) is 41.3 cm³/mol. The summed E-state index contributed by atoms with van der Waals surface area (Å²) in [4.78, 5) is 7.75.